The third-order valence-electron chi connectivity index (χ3n) is 6.82. The van der Waals surface area contributed by atoms with E-state index in [0.717, 1.165) is 48.5 Å². The molecule has 5 heteroatoms. The van der Waals surface area contributed by atoms with Crippen LogP contribution >= 0.6 is 0 Å². The zero-order chi connectivity index (χ0) is 25.5. The number of nitrogens with one attached hydrogen (secondary N) is 2. The molecule has 192 valence electrons. The molecular formula is C30H47N5. The number of hydrogen-bond donors (Lipinski definition) is 2. The molecule has 1 aliphatic heterocycles. The average molecular weight is 478 g/mol. The van der Waals surface area contributed by atoms with Crippen molar-refractivity contribution in [2.24, 2.45) is 20.9 Å². The molecule has 1 aliphatic carbocycles. The molecule has 0 spiro atoms. The predicted molar refractivity (Wildman–Crippen MR) is 155 cm³/mol. The maximum absolute atomic E-state index is 5.23. The summed E-state index contributed by atoms with van der Waals surface area (Å²) in [6.07, 6.45) is 12.4. The van der Waals surface area contributed by atoms with Crippen LogP contribution in [0, 0.1) is 12.8 Å². The van der Waals surface area contributed by atoms with Gasteiger partial charge in [0.15, 0.2) is 0 Å². The van der Waals surface area contributed by atoms with Crippen molar-refractivity contribution >= 4 is 23.8 Å². The van der Waals surface area contributed by atoms with Crippen LogP contribution in [0.2, 0.25) is 0 Å². The van der Waals surface area contributed by atoms with Gasteiger partial charge < -0.3 is 5.32 Å². The fourth-order valence-corrected chi connectivity index (χ4v) is 4.77. The lowest BCUT2D eigenvalue weighted by Gasteiger charge is -2.23. The molecule has 0 bridgehead atoms. The summed E-state index contributed by atoms with van der Waals surface area (Å²) in [5.74, 6) is 0.526. The molecule has 2 fully saturated rings. The SMILES string of the molecule is C=N\C=C/C(=N\CNC1CCCCC1)C(/C)=C(/N=C(C)C1CCNCC1)c1cccc(C)c1.CC. The maximum atomic E-state index is 5.23. The highest BCUT2D eigenvalue weighted by Crippen LogP contribution is 2.26. The van der Waals surface area contributed by atoms with E-state index in [2.05, 4.69) is 67.4 Å². The van der Waals surface area contributed by atoms with E-state index in [1.54, 1.807) is 6.20 Å². The Bertz CT molecular complexity index is 897. The van der Waals surface area contributed by atoms with Crippen LogP contribution in [0.5, 0.6) is 0 Å². The van der Waals surface area contributed by atoms with E-state index in [-0.39, 0.29) is 0 Å². The lowest BCUT2D eigenvalue weighted by atomic mass is 9.93. The van der Waals surface area contributed by atoms with Gasteiger partial charge >= 0.3 is 0 Å². The van der Waals surface area contributed by atoms with Crippen molar-refractivity contribution in [1.29, 1.82) is 0 Å². The summed E-state index contributed by atoms with van der Waals surface area (Å²) in [5, 5.41) is 7.09. The van der Waals surface area contributed by atoms with Crippen LogP contribution in [0.25, 0.3) is 5.70 Å². The van der Waals surface area contributed by atoms with Gasteiger partial charge in [0.05, 0.1) is 18.1 Å². The predicted octanol–water partition coefficient (Wildman–Crippen LogP) is 6.75. The van der Waals surface area contributed by atoms with Gasteiger partial charge in [-0.15, -0.1) is 0 Å². The summed E-state index contributed by atoms with van der Waals surface area (Å²) in [6.45, 7) is 16.8. The summed E-state index contributed by atoms with van der Waals surface area (Å²) in [6, 6.07) is 9.18. The molecule has 0 amide bonds. The van der Waals surface area contributed by atoms with Gasteiger partial charge in [-0.05, 0) is 84.3 Å². The lowest BCUT2D eigenvalue weighted by molar-refractivity contribution is 0.378. The van der Waals surface area contributed by atoms with Crippen LogP contribution < -0.4 is 10.6 Å². The van der Waals surface area contributed by atoms with E-state index >= 15 is 0 Å². The normalized spacial score (nSPS) is 19.2. The van der Waals surface area contributed by atoms with Crippen molar-refractivity contribution in [1.82, 2.24) is 10.6 Å². The van der Waals surface area contributed by atoms with Gasteiger partial charge in [0.1, 0.15) is 0 Å². The smallest absolute Gasteiger partial charge is 0.0893 e. The second-order valence-electron chi connectivity index (χ2n) is 9.36. The monoisotopic (exact) mass is 477 g/mol. The number of hydrogen-bond acceptors (Lipinski definition) is 5. The van der Waals surface area contributed by atoms with E-state index in [4.69, 9.17) is 9.98 Å². The molecule has 1 saturated heterocycles. The Hall–Kier alpha value is -2.37. The zero-order valence-corrected chi connectivity index (χ0v) is 22.7. The van der Waals surface area contributed by atoms with E-state index in [0.29, 0.717) is 18.6 Å². The molecule has 0 atom stereocenters. The van der Waals surface area contributed by atoms with Gasteiger partial charge in [-0.3, -0.25) is 20.3 Å². The van der Waals surface area contributed by atoms with Gasteiger partial charge in [0, 0.05) is 29.1 Å². The van der Waals surface area contributed by atoms with E-state index in [9.17, 15) is 0 Å². The summed E-state index contributed by atoms with van der Waals surface area (Å²) in [4.78, 5) is 14.1. The van der Waals surface area contributed by atoms with Gasteiger partial charge in [-0.25, -0.2) is 0 Å². The number of aryl methyl sites for hydroxylation is 1. The first kappa shape index (κ1) is 28.9. The Morgan fingerprint density at radius 3 is 2.46 bits per heavy atom. The molecule has 0 unspecified atom stereocenters. The molecule has 2 aliphatic rings. The molecule has 0 aromatic heterocycles. The molecule has 1 heterocycles. The van der Waals surface area contributed by atoms with Crippen molar-refractivity contribution in [3.63, 3.8) is 0 Å². The lowest BCUT2D eigenvalue weighted by Crippen LogP contribution is -2.31. The highest BCUT2D eigenvalue weighted by Gasteiger charge is 2.18. The maximum Gasteiger partial charge on any atom is 0.0893 e. The summed E-state index contributed by atoms with van der Waals surface area (Å²) < 4.78 is 0. The second kappa shape index (κ2) is 16.3. The average Bonchev–Trinajstić information content (AvgIpc) is 2.91. The summed E-state index contributed by atoms with van der Waals surface area (Å²) in [5.41, 5.74) is 6.54. The minimum Gasteiger partial charge on any atom is -0.317 e. The van der Waals surface area contributed by atoms with Gasteiger partial charge in [0.25, 0.3) is 0 Å². The van der Waals surface area contributed by atoms with Crippen LogP contribution in [-0.2, 0) is 0 Å². The van der Waals surface area contributed by atoms with Crippen molar-refractivity contribution in [2.45, 2.75) is 85.6 Å². The van der Waals surface area contributed by atoms with E-state index in [1.807, 2.05) is 19.9 Å². The van der Waals surface area contributed by atoms with E-state index < -0.39 is 0 Å². The highest BCUT2D eigenvalue weighted by molar-refractivity contribution is 6.13. The van der Waals surface area contributed by atoms with Crippen LogP contribution in [-0.4, -0.2) is 43.9 Å². The molecule has 3 rings (SSSR count). The molecular weight excluding hydrogens is 430 g/mol. The number of piperidine rings is 1. The molecule has 1 aromatic rings. The number of rotatable bonds is 9. The number of nitrogens with zero attached hydrogens (tertiary/aromatic N) is 3. The molecule has 5 nitrogen and oxygen atoms in total. The van der Waals surface area contributed by atoms with Crippen LogP contribution in [0.1, 0.15) is 83.8 Å². The van der Waals surface area contributed by atoms with Crippen molar-refractivity contribution < 1.29 is 0 Å². The largest absolute Gasteiger partial charge is 0.317 e. The minimum absolute atomic E-state index is 0.526. The minimum atomic E-state index is 0.526. The van der Waals surface area contributed by atoms with E-state index in [1.165, 1.54) is 43.4 Å². The highest BCUT2D eigenvalue weighted by atomic mass is 15.0. The van der Waals surface area contributed by atoms with Crippen LogP contribution in [0.15, 0.2) is 57.1 Å². The molecule has 2 N–H and O–H groups in total. The first-order valence-electron chi connectivity index (χ1n) is 13.5. The fraction of sp³-hybridized carbons (Fsp3) is 0.567. The third kappa shape index (κ3) is 9.65. The Balaban J connectivity index is 0.00000210. The second-order valence-corrected chi connectivity index (χ2v) is 9.36. The van der Waals surface area contributed by atoms with Gasteiger partial charge in [-0.1, -0.05) is 56.9 Å². The van der Waals surface area contributed by atoms with Gasteiger partial charge in [-0.2, -0.15) is 0 Å². The number of allylic oxidation sites excluding steroid dienone is 2. The molecule has 1 saturated carbocycles. The Labute approximate surface area is 214 Å². The first-order valence-corrected chi connectivity index (χ1v) is 13.5. The Kier molecular flexibility index (Phi) is 13.5. The number of aliphatic imine (C=N–C) groups is 3. The standard InChI is InChI=1S/C28H41N5.C2H6/c1-21-9-8-10-25(19-21)28(33-23(3)24-13-17-30-18-14-24)22(2)27(15-16-29-4)32-20-31-26-11-6-5-7-12-26;1-2/h8-10,15-16,19,24,26,30-31H,4-7,11-14,17-18,20H2,1-3H3;1-2H3/b16-15-,28-22+,32-27+,33-23?;. The van der Waals surface area contributed by atoms with Crippen molar-refractivity contribution in [3.05, 3.63) is 53.2 Å². The molecule has 1 aromatic carbocycles. The quantitative estimate of drug-likeness (QED) is 0.387. The van der Waals surface area contributed by atoms with Crippen LogP contribution in [0.4, 0.5) is 0 Å². The summed E-state index contributed by atoms with van der Waals surface area (Å²) >= 11 is 0. The van der Waals surface area contributed by atoms with Gasteiger partial charge in [0.2, 0.25) is 0 Å². The Morgan fingerprint density at radius 1 is 1.09 bits per heavy atom. The topological polar surface area (TPSA) is 61.1 Å². The Morgan fingerprint density at radius 2 is 1.80 bits per heavy atom. The summed E-state index contributed by atoms with van der Waals surface area (Å²) in [7, 11) is 0. The van der Waals surface area contributed by atoms with Crippen LogP contribution in [0.3, 0.4) is 0 Å². The third-order valence-corrected chi connectivity index (χ3v) is 6.82. The zero-order valence-electron chi connectivity index (χ0n) is 22.7. The first-order chi connectivity index (χ1) is 17.1. The molecule has 0 radical (unpaired) electrons. The van der Waals surface area contributed by atoms with Crippen molar-refractivity contribution in [3.8, 4) is 0 Å². The number of benzene rings is 1. The van der Waals surface area contributed by atoms with Crippen molar-refractivity contribution in [2.75, 3.05) is 19.8 Å². The molecule has 35 heavy (non-hydrogen) atoms. The fourth-order valence-electron chi connectivity index (χ4n) is 4.77.